The van der Waals surface area contributed by atoms with Gasteiger partial charge in [0.05, 0.1) is 0 Å². The minimum Gasteiger partial charge on any atom is -0.480 e. The molecule has 0 unspecified atom stereocenters. The molecule has 6 nitrogen and oxygen atoms in total. The number of nitrogens with one attached hydrogen (secondary N) is 1. The van der Waals surface area contributed by atoms with Crippen LogP contribution >= 0.6 is 11.6 Å². The van der Waals surface area contributed by atoms with Gasteiger partial charge < -0.3 is 15.0 Å². The van der Waals surface area contributed by atoms with Gasteiger partial charge in [-0.3, -0.25) is 14.5 Å². The maximum atomic E-state index is 11.9. The molecule has 3 rings (SSSR count). The summed E-state index contributed by atoms with van der Waals surface area (Å²) in [7, 11) is 0. The quantitative estimate of drug-likeness (QED) is 0.900. The van der Waals surface area contributed by atoms with Crippen LogP contribution in [0, 0.1) is 0 Å². The summed E-state index contributed by atoms with van der Waals surface area (Å²) in [5.74, 6) is -0.865. The van der Waals surface area contributed by atoms with E-state index in [4.69, 9.17) is 11.6 Å². The number of carbonyl (C=O) groups is 2. The molecule has 1 aliphatic rings. The van der Waals surface area contributed by atoms with E-state index in [1.165, 1.54) is 6.92 Å². The first-order valence-corrected chi connectivity index (χ1v) is 7.84. The first-order valence-electron chi connectivity index (χ1n) is 7.46. The van der Waals surface area contributed by atoms with Crippen LogP contribution in [0.3, 0.4) is 0 Å². The third kappa shape index (κ3) is 3.04. The Labute approximate surface area is 138 Å². The molecule has 122 valence electrons. The summed E-state index contributed by atoms with van der Waals surface area (Å²) >= 11 is 5.98. The number of H-pyrrole nitrogens is 1. The van der Waals surface area contributed by atoms with Crippen molar-refractivity contribution in [2.24, 2.45) is 0 Å². The van der Waals surface area contributed by atoms with Gasteiger partial charge in [-0.1, -0.05) is 17.7 Å². The fourth-order valence-electron chi connectivity index (χ4n) is 3.13. The molecule has 1 amide bonds. The predicted octanol–water partition coefficient (Wildman–Crippen LogP) is 2.11. The lowest BCUT2D eigenvalue weighted by Gasteiger charge is -2.37. The summed E-state index contributed by atoms with van der Waals surface area (Å²) in [6.07, 6.45) is 1.73. The first kappa shape index (κ1) is 15.8. The molecule has 0 bridgehead atoms. The summed E-state index contributed by atoms with van der Waals surface area (Å²) in [6.45, 7) is 3.71. The molecule has 0 spiro atoms. The monoisotopic (exact) mass is 335 g/mol. The fourth-order valence-corrected chi connectivity index (χ4v) is 3.30. The zero-order valence-electron chi connectivity index (χ0n) is 12.8. The number of aromatic amines is 1. The van der Waals surface area contributed by atoms with E-state index >= 15 is 0 Å². The molecule has 0 saturated carbocycles. The van der Waals surface area contributed by atoms with Gasteiger partial charge in [0.15, 0.2) is 0 Å². The number of rotatable bonds is 3. The molecule has 0 aliphatic carbocycles. The van der Waals surface area contributed by atoms with Gasteiger partial charge in [-0.25, -0.2) is 0 Å². The number of benzene rings is 1. The van der Waals surface area contributed by atoms with Crippen LogP contribution < -0.4 is 0 Å². The number of aliphatic carboxylic acids is 1. The Morgan fingerprint density at radius 1 is 1.26 bits per heavy atom. The predicted molar refractivity (Wildman–Crippen MR) is 87.5 cm³/mol. The molecule has 2 N–H and O–H groups in total. The fraction of sp³-hybridized carbons (Fsp3) is 0.375. The van der Waals surface area contributed by atoms with Gasteiger partial charge in [-0.05, 0) is 12.1 Å². The number of fused-ring (bicyclic) bond motifs is 1. The summed E-state index contributed by atoms with van der Waals surface area (Å²) in [5.41, 5.74) is 1.54. The number of hydrogen-bond acceptors (Lipinski definition) is 3. The van der Waals surface area contributed by atoms with Crippen LogP contribution in [0.25, 0.3) is 10.9 Å². The lowest BCUT2D eigenvalue weighted by Crippen LogP contribution is -2.50. The van der Waals surface area contributed by atoms with E-state index in [9.17, 15) is 14.7 Å². The van der Waals surface area contributed by atoms with Gasteiger partial charge in [0, 0.05) is 60.8 Å². The molecule has 1 fully saturated rings. The van der Waals surface area contributed by atoms with Crippen molar-refractivity contribution < 1.29 is 14.7 Å². The second-order valence-electron chi connectivity index (χ2n) is 5.72. The van der Waals surface area contributed by atoms with Crippen molar-refractivity contribution in [1.82, 2.24) is 14.8 Å². The van der Waals surface area contributed by atoms with Gasteiger partial charge >= 0.3 is 5.97 Å². The van der Waals surface area contributed by atoms with Crippen molar-refractivity contribution >= 4 is 34.4 Å². The first-order chi connectivity index (χ1) is 11.0. The number of carboxylic acid groups (broad SMARTS) is 1. The Hall–Kier alpha value is -2.05. The molecule has 1 atom stereocenters. The second-order valence-corrected chi connectivity index (χ2v) is 6.15. The SMILES string of the molecule is CC(=O)N1CCN([C@@H](C(=O)O)c2c[nH]c3cc(Cl)ccc23)CC1. The smallest absolute Gasteiger partial charge is 0.325 e. The summed E-state index contributed by atoms with van der Waals surface area (Å²) in [5, 5.41) is 11.2. The van der Waals surface area contributed by atoms with E-state index in [0.29, 0.717) is 31.2 Å². The number of carboxylic acids is 1. The Kier molecular flexibility index (Phi) is 4.28. The summed E-state index contributed by atoms with van der Waals surface area (Å²) in [4.78, 5) is 30.0. The molecule has 1 aromatic carbocycles. The minimum absolute atomic E-state index is 0.0262. The largest absolute Gasteiger partial charge is 0.480 e. The molecule has 2 heterocycles. The van der Waals surface area contributed by atoms with Gasteiger partial charge in [-0.15, -0.1) is 0 Å². The van der Waals surface area contributed by atoms with Crippen molar-refractivity contribution in [3.05, 3.63) is 35.0 Å². The van der Waals surface area contributed by atoms with Gasteiger partial charge in [0.25, 0.3) is 0 Å². The van der Waals surface area contributed by atoms with E-state index < -0.39 is 12.0 Å². The number of nitrogens with zero attached hydrogens (tertiary/aromatic N) is 2. The lowest BCUT2D eigenvalue weighted by atomic mass is 10.0. The normalized spacial score (nSPS) is 17.4. The van der Waals surface area contributed by atoms with Gasteiger partial charge in [0.1, 0.15) is 6.04 Å². The van der Waals surface area contributed by atoms with Crippen molar-refractivity contribution in [3.8, 4) is 0 Å². The van der Waals surface area contributed by atoms with E-state index in [2.05, 4.69) is 4.98 Å². The van der Waals surface area contributed by atoms with Crippen LogP contribution in [0.15, 0.2) is 24.4 Å². The highest BCUT2D eigenvalue weighted by Gasteiger charge is 2.32. The Morgan fingerprint density at radius 2 is 1.96 bits per heavy atom. The van der Waals surface area contributed by atoms with Gasteiger partial charge in [-0.2, -0.15) is 0 Å². The van der Waals surface area contributed by atoms with Crippen molar-refractivity contribution in [2.75, 3.05) is 26.2 Å². The average Bonchev–Trinajstić information content (AvgIpc) is 2.90. The van der Waals surface area contributed by atoms with Crippen LogP contribution in [-0.2, 0) is 9.59 Å². The van der Waals surface area contributed by atoms with E-state index in [-0.39, 0.29) is 5.91 Å². The molecule has 7 heteroatoms. The maximum Gasteiger partial charge on any atom is 0.325 e. The molecule has 23 heavy (non-hydrogen) atoms. The lowest BCUT2D eigenvalue weighted by molar-refractivity contribution is -0.144. The molecular formula is C16H18ClN3O3. The van der Waals surface area contributed by atoms with Crippen molar-refractivity contribution in [2.45, 2.75) is 13.0 Å². The van der Waals surface area contributed by atoms with E-state index in [1.54, 1.807) is 23.2 Å². The number of piperazine rings is 1. The molecule has 0 radical (unpaired) electrons. The van der Waals surface area contributed by atoms with E-state index in [0.717, 1.165) is 16.5 Å². The van der Waals surface area contributed by atoms with Gasteiger partial charge in [0.2, 0.25) is 5.91 Å². The van der Waals surface area contributed by atoms with Crippen molar-refractivity contribution in [1.29, 1.82) is 0 Å². The highest BCUT2D eigenvalue weighted by Crippen LogP contribution is 2.30. The molecule has 1 saturated heterocycles. The highest BCUT2D eigenvalue weighted by atomic mass is 35.5. The number of carbonyl (C=O) groups excluding carboxylic acids is 1. The van der Waals surface area contributed by atoms with Crippen molar-refractivity contribution in [3.63, 3.8) is 0 Å². The Bertz CT molecular complexity index is 750. The zero-order valence-corrected chi connectivity index (χ0v) is 13.5. The van der Waals surface area contributed by atoms with Crippen LogP contribution in [0.1, 0.15) is 18.5 Å². The average molecular weight is 336 g/mol. The second kappa shape index (κ2) is 6.22. The third-order valence-corrected chi connectivity index (χ3v) is 4.56. The molecule has 2 aromatic rings. The topological polar surface area (TPSA) is 76.6 Å². The molecular weight excluding hydrogens is 318 g/mol. The maximum absolute atomic E-state index is 11.9. The Morgan fingerprint density at radius 3 is 2.57 bits per heavy atom. The number of hydrogen-bond donors (Lipinski definition) is 2. The number of halogens is 1. The minimum atomic E-state index is -0.892. The zero-order chi connectivity index (χ0) is 16.6. The molecule has 1 aromatic heterocycles. The number of amides is 1. The van der Waals surface area contributed by atoms with Crippen LogP contribution in [-0.4, -0.2) is 57.9 Å². The van der Waals surface area contributed by atoms with Crippen LogP contribution in [0.4, 0.5) is 0 Å². The highest BCUT2D eigenvalue weighted by molar-refractivity contribution is 6.31. The third-order valence-electron chi connectivity index (χ3n) is 4.33. The standard InChI is InChI=1S/C16H18ClN3O3/c1-10(21)19-4-6-20(7-5-19)15(16(22)23)13-9-18-14-8-11(17)2-3-12(13)14/h2-3,8-9,15,18H,4-7H2,1H3,(H,22,23)/t15-/m1/s1. The van der Waals surface area contributed by atoms with E-state index in [1.807, 2.05) is 11.0 Å². The molecule has 1 aliphatic heterocycles. The summed E-state index contributed by atoms with van der Waals surface area (Å²) < 4.78 is 0. The van der Waals surface area contributed by atoms with Crippen LogP contribution in [0.5, 0.6) is 0 Å². The van der Waals surface area contributed by atoms with Crippen LogP contribution in [0.2, 0.25) is 5.02 Å². The summed E-state index contributed by atoms with van der Waals surface area (Å²) in [6, 6.07) is 4.64. The number of aromatic nitrogens is 1. The Balaban J connectivity index is 1.90.